The molecule has 5 nitrogen and oxygen atoms in total. The maximum atomic E-state index is 12.5. The molecule has 0 unspecified atom stereocenters. The zero-order chi connectivity index (χ0) is 17.2. The zero-order valence-electron chi connectivity index (χ0n) is 13.4. The average Bonchev–Trinajstić information content (AvgIpc) is 2.99. The van der Waals surface area contributed by atoms with Crippen LogP contribution >= 0.6 is 0 Å². The van der Waals surface area contributed by atoms with Gasteiger partial charge in [0, 0.05) is 0 Å². The fraction of sp³-hybridized carbons (Fsp3) is 0.278. The van der Waals surface area contributed by atoms with E-state index in [0.717, 1.165) is 17.5 Å². The minimum Gasteiger partial charge on any atom is -0.494 e. The largest absolute Gasteiger partial charge is 0.494 e. The minimum absolute atomic E-state index is 0.0468. The normalized spacial score (nSPS) is 16.5. The molecule has 0 spiro atoms. The fourth-order valence-electron chi connectivity index (χ4n) is 2.97. The Kier molecular flexibility index (Phi) is 4.57. The summed E-state index contributed by atoms with van der Waals surface area (Å²) < 4.78 is 32.3. The van der Waals surface area contributed by atoms with Gasteiger partial charge < -0.3 is 4.74 Å². The van der Waals surface area contributed by atoms with Crippen molar-refractivity contribution in [1.82, 2.24) is 4.72 Å². The van der Waals surface area contributed by atoms with E-state index in [4.69, 9.17) is 4.74 Å². The molecule has 24 heavy (non-hydrogen) atoms. The molecule has 126 valence electrons. The lowest BCUT2D eigenvalue weighted by Gasteiger charge is -2.13. The van der Waals surface area contributed by atoms with Crippen molar-refractivity contribution in [3.05, 3.63) is 59.7 Å². The summed E-state index contributed by atoms with van der Waals surface area (Å²) in [6.45, 7) is 2.36. The van der Waals surface area contributed by atoms with E-state index in [1.54, 1.807) is 12.1 Å². The second-order valence-corrected chi connectivity index (χ2v) is 7.35. The molecule has 2 aromatic rings. The van der Waals surface area contributed by atoms with Crippen molar-refractivity contribution < 1.29 is 17.9 Å². The lowest BCUT2D eigenvalue weighted by molar-refractivity contribution is -0.120. The van der Waals surface area contributed by atoms with E-state index >= 15 is 0 Å². The van der Waals surface area contributed by atoms with E-state index in [0.29, 0.717) is 18.8 Å². The Morgan fingerprint density at radius 3 is 2.58 bits per heavy atom. The quantitative estimate of drug-likeness (QED) is 0.904. The molecule has 0 saturated carbocycles. The topological polar surface area (TPSA) is 72.5 Å². The molecule has 0 heterocycles. The van der Waals surface area contributed by atoms with Gasteiger partial charge in [-0.3, -0.25) is 4.79 Å². The van der Waals surface area contributed by atoms with Crippen molar-refractivity contribution in [3.8, 4) is 5.75 Å². The summed E-state index contributed by atoms with van der Waals surface area (Å²) in [4.78, 5) is 12.5. The van der Waals surface area contributed by atoms with Crippen LogP contribution in [0.2, 0.25) is 0 Å². The maximum absolute atomic E-state index is 12.5. The monoisotopic (exact) mass is 345 g/mol. The number of amides is 1. The Labute approximate surface area is 141 Å². The zero-order valence-corrected chi connectivity index (χ0v) is 14.2. The van der Waals surface area contributed by atoms with Crippen LogP contribution in [0.1, 0.15) is 30.4 Å². The second kappa shape index (κ2) is 6.65. The molecule has 0 bridgehead atoms. The molecule has 1 amide bonds. The van der Waals surface area contributed by atoms with Crippen LogP contribution in [-0.2, 0) is 21.2 Å². The van der Waals surface area contributed by atoms with Crippen LogP contribution in [0.25, 0.3) is 0 Å². The Morgan fingerprint density at radius 1 is 1.17 bits per heavy atom. The van der Waals surface area contributed by atoms with Crippen molar-refractivity contribution in [2.45, 2.75) is 30.6 Å². The molecule has 1 atom stereocenters. The SMILES string of the molecule is CCOc1ccc(S(=O)(=O)NC(=O)[C@@H]2CCc3ccccc32)cc1. The lowest BCUT2D eigenvalue weighted by atomic mass is 10.0. The van der Waals surface area contributed by atoms with Gasteiger partial charge >= 0.3 is 0 Å². The molecular formula is C18H19NO4S. The summed E-state index contributed by atoms with van der Waals surface area (Å²) in [7, 11) is -3.89. The second-order valence-electron chi connectivity index (χ2n) is 5.66. The number of benzene rings is 2. The van der Waals surface area contributed by atoms with Crippen molar-refractivity contribution in [2.75, 3.05) is 6.61 Å². The van der Waals surface area contributed by atoms with E-state index in [1.165, 1.54) is 12.1 Å². The highest BCUT2D eigenvalue weighted by atomic mass is 32.2. The molecule has 6 heteroatoms. The third-order valence-corrected chi connectivity index (χ3v) is 5.49. The predicted molar refractivity (Wildman–Crippen MR) is 90.4 cm³/mol. The molecule has 1 aliphatic rings. The molecule has 0 aromatic heterocycles. The van der Waals surface area contributed by atoms with Crippen LogP contribution < -0.4 is 9.46 Å². The highest BCUT2D eigenvalue weighted by Crippen LogP contribution is 2.33. The lowest BCUT2D eigenvalue weighted by Crippen LogP contribution is -2.34. The summed E-state index contributed by atoms with van der Waals surface area (Å²) in [6, 6.07) is 13.7. The Bertz CT molecular complexity index is 844. The summed E-state index contributed by atoms with van der Waals surface area (Å²) in [5, 5.41) is 0. The minimum atomic E-state index is -3.89. The molecule has 1 N–H and O–H groups in total. The smallest absolute Gasteiger partial charge is 0.264 e. The summed E-state index contributed by atoms with van der Waals surface area (Å²) in [5.41, 5.74) is 2.02. The third-order valence-electron chi connectivity index (χ3n) is 4.13. The fourth-order valence-corrected chi connectivity index (χ4v) is 3.99. The molecule has 0 aliphatic heterocycles. The molecule has 0 fully saturated rings. The maximum Gasteiger partial charge on any atom is 0.264 e. The first-order valence-corrected chi connectivity index (χ1v) is 9.37. The van der Waals surface area contributed by atoms with Crippen LogP contribution in [-0.4, -0.2) is 20.9 Å². The predicted octanol–water partition coefficient (Wildman–Crippen LogP) is 2.62. The van der Waals surface area contributed by atoms with Gasteiger partial charge in [-0.25, -0.2) is 13.1 Å². The van der Waals surface area contributed by atoms with Crippen molar-refractivity contribution in [3.63, 3.8) is 0 Å². The van der Waals surface area contributed by atoms with Crippen LogP contribution in [0.15, 0.2) is 53.4 Å². The molecule has 3 rings (SSSR count). The van der Waals surface area contributed by atoms with Gasteiger partial charge in [-0.2, -0.15) is 0 Å². The Morgan fingerprint density at radius 2 is 1.88 bits per heavy atom. The van der Waals surface area contributed by atoms with Gasteiger partial charge in [0.05, 0.1) is 17.4 Å². The average molecular weight is 345 g/mol. The number of hydrogen-bond acceptors (Lipinski definition) is 4. The molecular weight excluding hydrogens is 326 g/mol. The first kappa shape index (κ1) is 16.5. The number of aryl methyl sites for hydroxylation is 1. The van der Waals surface area contributed by atoms with Gasteiger partial charge in [-0.15, -0.1) is 0 Å². The first-order chi connectivity index (χ1) is 11.5. The molecule has 0 saturated heterocycles. The van der Waals surface area contributed by atoms with Crippen molar-refractivity contribution in [2.24, 2.45) is 0 Å². The van der Waals surface area contributed by atoms with Gasteiger partial charge in [0.15, 0.2) is 0 Å². The molecule has 1 aliphatic carbocycles. The Hall–Kier alpha value is -2.34. The highest BCUT2D eigenvalue weighted by Gasteiger charge is 2.31. The van der Waals surface area contributed by atoms with Crippen molar-refractivity contribution in [1.29, 1.82) is 0 Å². The van der Waals surface area contributed by atoms with E-state index in [-0.39, 0.29) is 4.90 Å². The van der Waals surface area contributed by atoms with Crippen LogP contribution in [0.3, 0.4) is 0 Å². The molecule has 2 aromatic carbocycles. The number of rotatable bonds is 5. The number of nitrogens with one attached hydrogen (secondary N) is 1. The van der Waals surface area contributed by atoms with Crippen LogP contribution in [0.4, 0.5) is 0 Å². The number of ether oxygens (including phenoxy) is 1. The number of carbonyl (C=O) groups is 1. The number of sulfonamides is 1. The van der Waals surface area contributed by atoms with Gasteiger partial charge in [0.25, 0.3) is 10.0 Å². The Balaban J connectivity index is 1.76. The van der Waals surface area contributed by atoms with Crippen molar-refractivity contribution >= 4 is 15.9 Å². The number of fused-ring (bicyclic) bond motifs is 1. The van der Waals surface area contributed by atoms with Gasteiger partial charge in [0.1, 0.15) is 5.75 Å². The van der Waals surface area contributed by atoms with Crippen LogP contribution in [0.5, 0.6) is 5.75 Å². The number of hydrogen-bond donors (Lipinski definition) is 1. The summed E-state index contributed by atoms with van der Waals surface area (Å²) in [5.74, 6) is -0.306. The summed E-state index contributed by atoms with van der Waals surface area (Å²) >= 11 is 0. The van der Waals surface area contributed by atoms with Gasteiger partial charge in [0.2, 0.25) is 5.91 Å². The van der Waals surface area contributed by atoms with Crippen LogP contribution in [0, 0.1) is 0 Å². The first-order valence-electron chi connectivity index (χ1n) is 7.88. The van der Waals surface area contributed by atoms with E-state index in [9.17, 15) is 13.2 Å². The standard InChI is InChI=1S/C18H19NO4S/c1-2-23-14-8-10-15(11-9-14)24(21,22)19-18(20)17-12-7-13-5-3-4-6-16(13)17/h3-6,8-11,17H,2,7,12H2,1H3,(H,19,20)/t17-/m1/s1. The van der Waals surface area contributed by atoms with E-state index in [2.05, 4.69) is 4.72 Å². The van der Waals surface area contributed by atoms with Gasteiger partial charge in [-0.1, -0.05) is 24.3 Å². The van der Waals surface area contributed by atoms with E-state index < -0.39 is 21.8 Å². The summed E-state index contributed by atoms with van der Waals surface area (Å²) in [6.07, 6.45) is 1.42. The number of carbonyl (C=O) groups excluding carboxylic acids is 1. The van der Waals surface area contributed by atoms with E-state index in [1.807, 2.05) is 31.2 Å². The highest BCUT2D eigenvalue weighted by molar-refractivity contribution is 7.90. The molecule has 0 radical (unpaired) electrons. The van der Waals surface area contributed by atoms with Gasteiger partial charge in [-0.05, 0) is 55.2 Å². The third kappa shape index (κ3) is 3.28.